The molecule has 5 heteroatoms. The molecule has 0 fully saturated rings. The Kier molecular flexibility index (Phi) is 3.87. The molecule has 1 N–H and O–H groups in total. The number of nitrogens with one attached hydrogen (secondary N) is 1. The van der Waals surface area contributed by atoms with Crippen molar-refractivity contribution in [2.45, 2.75) is 28.8 Å². The Bertz CT molecular complexity index is 599. The molecule has 0 saturated carbocycles. The van der Waals surface area contributed by atoms with Crippen molar-refractivity contribution in [3.05, 3.63) is 45.5 Å². The van der Waals surface area contributed by atoms with Crippen LogP contribution in [0.1, 0.15) is 24.9 Å². The van der Waals surface area contributed by atoms with Crippen LogP contribution in [-0.2, 0) is 0 Å². The van der Waals surface area contributed by atoms with Crippen LogP contribution in [0.2, 0.25) is 0 Å². The van der Waals surface area contributed by atoms with Gasteiger partial charge < -0.3 is 5.32 Å². The molecule has 19 heavy (non-hydrogen) atoms. The maximum atomic E-state index is 13.4. The van der Waals surface area contributed by atoms with Crippen molar-refractivity contribution < 1.29 is 4.39 Å². The Morgan fingerprint density at radius 1 is 1.37 bits per heavy atom. The highest BCUT2D eigenvalue weighted by Gasteiger charge is 2.26. The van der Waals surface area contributed by atoms with Gasteiger partial charge in [0.15, 0.2) is 0 Å². The number of thiophene rings is 1. The van der Waals surface area contributed by atoms with Gasteiger partial charge in [0.05, 0.1) is 15.9 Å². The second-order valence-electron chi connectivity index (χ2n) is 4.65. The number of hydrogen-bond donors (Lipinski definition) is 1. The van der Waals surface area contributed by atoms with Crippen molar-refractivity contribution in [3.8, 4) is 0 Å². The van der Waals surface area contributed by atoms with Crippen molar-refractivity contribution in [2.24, 2.45) is 0 Å². The average molecular weight is 358 g/mol. The van der Waals surface area contributed by atoms with Crippen LogP contribution in [0.15, 0.2) is 38.3 Å². The van der Waals surface area contributed by atoms with E-state index in [-0.39, 0.29) is 11.9 Å². The van der Waals surface area contributed by atoms with Crippen LogP contribution in [0.4, 0.5) is 10.1 Å². The van der Waals surface area contributed by atoms with E-state index in [1.807, 2.05) is 11.8 Å². The van der Waals surface area contributed by atoms with Crippen LogP contribution < -0.4 is 5.32 Å². The fourth-order valence-electron chi connectivity index (χ4n) is 2.28. The summed E-state index contributed by atoms with van der Waals surface area (Å²) in [4.78, 5) is 0. The highest BCUT2D eigenvalue weighted by Crippen LogP contribution is 2.45. The lowest BCUT2D eigenvalue weighted by atomic mass is 10.0. The normalized spacial score (nSPS) is 22.1. The lowest BCUT2D eigenvalue weighted by Gasteiger charge is -2.28. The minimum atomic E-state index is -0.213. The van der Waals surface area contributed by atoms with Gasteiger partial charge in [0, 0.05) is 9.72 Å². The zero-order valence-corrected chi connectivity index (χ0v) is 13.5. The summed E-state index contributed by atoms with van der Waals surface area (Å²) in [6, 6.07) is 7.18. The van der Waals surface area contributed by atoms with E-state index in [0.29, 0.717) is 5.25 Å². The number of rotatable bonds is 2. The third-order valence-electron chi connectivity index (χ3n) is 3.17. The van der Waals surface area contributed by atoms with E-state index in [0.717, 1.165) is 16.6 Å². The van der Waals surface area contributed by atoms with Crippen LogP contribution in [0.25, 0.3) is 0 Å². The molecule has 0 bridgehead atoms. The number of hydrogen-bond acceptors (Lipinski definition) is 3. The highest BCUT2D eigenvalue weighted by atomic mass is 79.9. The molecule has 1 aromatic carbocycles. The van der Waals surface area contributed by atoms with Crippen LogP contribution in [0, 0.1) is 5.82 Å². The summed E-state index contributed by atoms with van der Waals surface area (Å²) < 4.78 is 15.6. The van der Waals surface area contributed by atoms with E-state index in [2.05, 4.69) is 39.6 Å². The van der Waals surface area contributed by atoms with Crippen molar-refractivity contribution >= 4 is 44.7 Å². The van der Waals surface area contributed by atoms with Gasteiger partial charge in [0.25, 0.3) is 0 Å². The molecular weight excluding hydrogens is 345 g/mol. The number of benzene rings is 1. The van der Waals surface area contributed by atoms with Crippen molar-refractivity contribution in [1.82, 2.24) is 0 Å². The second-order valence-corrected chi connectivity index (χ2v) is 8.13. The molecule has 0 spiro atoms. The fourth-order valence-corrected chi connectivity index (χ4v) is 5.21. The Labute approximate surface area is 128 Å². The monoisotopic (exact) mass is 357 g/mol. The van der Waals surface area contributed by atoms with Gasteiger partial charge in [-0.05, 0) is 57.6 Å². The predicted octanol–water partition coefficient (Wildman–Crippen LogP) is 5.69. The molecule has 3 rings (SSSR count). The number of anilines is 1. The van der Waals surface area contributed by atoms with Gasteiger partial charge in [0.1, 0.15) is 5.82 Å². The van der Waals surface area contributed by atoms with E-state index in [1.165, 1.54) is 15.8 Å². The summed E-state index contributed by atoms with van der Waals surface area (Å²) in [5.41, 5.74) is 2.16. The van der Waals surface area contributed by atoms with Crippen LogP contribution in [-0.4, -0.2) is 5.25 Å². The van der Waals surface area contributed by atoms with Gasteiger partial charge in [-0.2, -0.15) is 0 Å². The second kappa shape index (κ2) is 5.46. The zero-order chi connectivity index (χ0) is 13.4. The van der Waals surface area contributed by atoms with Crippen LogP contribution in [0.3, 0.4) is 0 Å². The molecule has 1 nitrogen and oxygen atoms in total. The molecule has 0 aliphatic carbocycles. The zero-order valence-electron chi connectivity index (χ0n) is 10.3. The molecule has 0 saturated heterocycles. The summed E-state index contributed by atoms with van der Waals surface area (Å²) in [6.07, 6.45) is 1.05. The van der Waals surface area contributed by atoms with Crippen LogP contribution >= 0.6 is 39.0 Å². The summed E-state index contributed by atoms with van der Waals surface area (Å²) in [5, 5.41) is 6.18. The van der Waals surface area contributed by atoms with Crippen LogP contribution in [0.5, 0.6) is 0 Å². The fraction of sp³-hybridized carbons (Fsp3) is 0.286. The van der Waals surface area contributed by atoms with E-state index in [4.69, 9.17) is 0 Å². The van der Waals surface area contributed by atoms with Gasteiger partial charge >= 0.3 is 0 Å². The first-order chi connectivity index (χ1) is 9.13. The van der Waals surface area contributed by atoms with E-state index in [9.17, 15) is 4.39 Å². The Morgan fingerprint density at radius 3 is 3.05 bits per heavy atom. The number of thioether (sulfide) groups is 1. The molecule has 2 heterocycles. The Morgan fingerprint density at radius 2 is 2.21 bits per heavy atom. The summed E-state index contributed by atoms with van der Waals surface area (Å²) in [6.45, 7) is 2.24. The van der Waals surface area contributed by atoms with Gasteiger partial charge in [-0.15, -0.1) is 23.1 Å². The topological polar surface area (TPSA) is 12.0 Å². The van der Waals surface area contributed by atoms with E-state index in [1.54, 1.807) is 23.5 Å². The SMILES string of the molecule is C[C@H]1CC(Nc2cc(F)ccc2Br)c2ccsc2S1. The minimum Gasteiger partial charge on any atom is -0.377 e. The maximum Gasteiger partial charge on any atom is 0.125 e. The Balaban J connectivity index is 1.90. The molecule has 2 aromatic rings. The minimum absolute atomic E-state index is 0.213. The van der Waals surface area contributed by atoms with Gasteiger partial charge in [-0.3, -0.25) is 0 Å². The third kappa shape index (κ3) is 2.83. The first kappa shape index (κ1) is 13.5. The smallest absolute Gasteiger partial charge is 0.125 e. The summed E-state index contributed by atoms with van der Waals surface area (Å²) in [5.74, 6) is -0.213. The Hall–Kier alpha value is -0.520. The first-order valence-electron chi connectivity index (χ1n) is 6.09. The number of halogens is 2. The average Bonchev–Trinajstić information content (AvgIpc) is 2.82. The third-order valence-corrected chi connectivity index (χ3v) is 6.20. The molecule has 0 amide bonds. The quantitative estimate of drug-likeness (QED) is 0.740. The molecule has 1 aliphatic rings. The molecule has 2 atom stereocenters. The molecule has 1 aromatic heterocycles. The van der Waals surface area contributed by atoms with E-state index < -0.39 is 0 Å². The number of fused-ring (bicyclic) bond motifs is 1. The lowest BCUT2D eigenvalue weighted by Crippen LogP contribution is -2.19. The van der Waals surface area contributed by atoms with Gasteiger partial charge in [-0.1, -0.05) is 6.92 Å². The molecule has 100 valence electrons. The molecule has 0 radical (unpaired) electrons. The lowest BCUT2D eigenvalue weighted by molar-refractivity contribution is 0.625. The van der Waals surface area contributed by atoms with Crippen molar-refractivity contribution in [2.75, 3.05) is 5.32 Å². The highest BCUT2D eigenvalue weighted by molar-refractivity contribution is 9.10. The van der Waals surface area contributed by atoms with E-state index >= 15 is 0 Å². The maximum absolute atomic E-state index is 13.4. The molecular formula is C14H13BrFNS2. The van der Waals surface area contributed by atoms with Crippen molar-refractivity contribution in [3.63, 3.8) is 0 Å². The van der Waals surface area contributed by atoms with Crippen molar-refractivity contribution in [1.29, 1.82) is 0 Å². The molecule has 1 aliphatic heterocycles. The summed E-state index contributed by atoms with van der Waals surface area (Å²) in [7, 11) is 0. The molecule has 1 unspecified atom stereocenters. The van der Waals surface area contributed by atoms with Gasteiger partial charge in [0.2, 0.25) is 0 Å². The van der Waals surface area contributed by atoms with Gasteiger partial charge in [-0.25, -0.2) is 4.39 Å². The predicted molar refractivity (Wildman–Crippen MR) is 84.7 cm³/mol. The first-order valence-corrected chi connectivity index (χ1v) is 8.64. The largest absolute Gasteiger partial charge is 0.377 e. The summed E-state index contributed by atoms with van der Waals surface area (Å²) >= 11 is 7.19. The standard InChI is InChI=1S/C14H13BrFNS2/c1-8-6-12(10-4-5-18-14(10)19-8)17-13-7-9(16)2-3-11(13)15/h2-5,7-8,12,17H,6H2,1H3/t8-,12?/m0/s1.